The lowest BCUT2D eigenvalue weighted by molar-refractivity contribution is 0.0880. The molecule has 0 saturated carbocycles. The minimum atomic E-state index is -0.369. The van der Waals surface area contributed by atoms with Crippen LogP contribution >= 0.6 is 0 Å². The highest BCUT2D eigenvalue weighted by Gasteiger charge is 2.28. The molecule has 2 rings (SSSR count). The van der Waals surface area contributed by atoms with E-state index in [0.717, 1.165) is 43.4 Å². The molecule has 1 amide bonds. The zero-order chi connectivity index (χ0) is 13.9. The van der Waals surface area contributed by atoms with Crippen molar-refractivity contribution in [3.63, 3.8) is 0 Å². The first kappa shape index (κ1) is 14.1. The van der Waals surface area contributed by atoms with Crippen LogP contribution in [0.1, 0.15) is 61.3 Å². The van der Waals surface area contributed by atoms with Crippen LogP contribution in [0.5, 0.6) is 0 Å². The maximum Gasteiger partial charge on any atom is 0.272 e. The predicted molar refractivity (Wildman–Crippen MR) is 73.1 cm³/mol. The number of aromatic amines is 1. The number of fused-ring (bicyclic) bond motifs is 1. The van der Waals surface area contributed by atoms with Crippen LogP contribution in [0.15, 0.2) is 0 Å². The number of nitrogens with one attached hydrogen (secondary N) is 2. The van der Waals surface area contributed by atoms with Crippen molar-refractivity contribution in [2.75, 3.05) is 6.61 Å². The first-order valence-corrected chi connectivity index (χ1v) is 7.09. The summed E-state index contributed by atoms with van der Waals surface area (Å²) < 4.78 is 0. The molecule has 0 unspecified atom stereocenters. The van der Waals surface area contributed by atoms with Gasteiger partial charge in [0.1, 0.15) is 0 Å². The fraction of sp³-hybridized carbons (Fsp3) is 0.714. The Hall–Kier alpha value is -1.36. The van der Waals surface area contributed by atoms with E-state index in [4.69, 9.17) is 5.11 Å². The molecular formula is C14H23N3O2. The number of amides is 1. The quantitative estimate of drug-likeness (QED) is 0.756. The molecule has 3 N–H and O–H groups in total. The average molecular weight is 265 g/mol. The summed E-state index contributed by atoms with van der Waals surface area (Å²) >= 11 is 0. The lowest BCUT2D eigenvalue weighted by Gasteiger charge is -2.28. The monoisotopic (exact) mass is 265 g/mol. The van der Waals surface area contributed by atoms with E-state index in [1.807, 2.05) is 13.8 Å². The van der Waals surface area contributed by atoms with Crippen LogP contribution in [0, 0.1) is 0 Å². The van der Waals surface area contributed by atoms with Crippen LogP contribution < -0.4 is 5.32 Å². The lowest BCUT2D eigenvalue weighted by atomic mass is 9.93. The molecule has 5 heteroatoms. The topological polar surface area (TPSA) is 78.0 Å². The molecule has 1 aliphatic rings. The van der Waals surface area contributed by atoms with Crippen LogP contribution in [-0.4, -0.2) is 33.4 Å². The van der Waals surface area contributed by atoms with Crippen LogP contribution in [0.25, 0.3) is 0 Å². The number of rotatable bonds is 5. The number of hydrogen-bond acceptors (Lipinski definition) is 3. The van der Waals surface area contributed by atoms with Gasteiger partial charge in [0.25, 0.3) is 5.91 Å². The number of aromatic nitrogens is 2. The molecule has 1 aromatic heterocycles. The van der Waals surface area contributed by atoms with Crippen LogP contribution in [0.3, 0.4) is 0 Å². The van der Waals surface area contributed by atoms with Crippen molar-refractivity contribution in [2.45, 2.75) is 57.9 Å². The summed E-state index contributed by atoms with van der Waals surface area (Å²) in [5, 5.41) is 19.3. The zero-order valence-corrected chi connectivity index (χ0v) is 11.8. The molecule has 0 saturated heterocycles. The van der Waals surface area contributed by atoms with Crippen molar-refractivity contribution >= 4 is 5.91 Å². The summed E-state index contributed by atoms with van der Waals surface area (Å²) in [4.78, 5) is 12.4. The summed E-state index contributed by atoms with van der Waals surface area (Å²) in [7, 11) is 0. The molecule has 0 aromatic carbocycles. The molecule has 0 spiro atoms. The Labute approximate surface area is 113 Å². The Morgan fingerprint density at radius 2 is 2.21 bits per heavy atom. The largest absolute Gasteiger partial charge is 0.396 e. The van der Waals surface area contributed by atoms with Crippen molar-refractivity contribution in [3.8, 4) is 0 Å². The standard InChI is InChI=1S/C14H23N3O2/c1-3-14(2,8-9-18)15-13(19)12-10-6-4-5-7-11(10)16-17-12/h18H,3-9H2,1-2H3,(H,15,19)(H,16,17)/t14-/m1/s1. The van der Waals surface area contributed by atoms with E-state index < -0.39 is 0 Å². The van der Waals surface area contributed by atoms with Crippen LogP contribution in [0.2, 0.25) is 0 Å². The Balaban J connectivity index is 2.13. The molecule has 1 atom stereocenters. The van der Waals surface area contributed by atoms with Gasteiger partial charge in [-0.25, -0.2) is 0 Å². The van der Waals surface area contributed by atoms with Gasteiger partial charge in [-0.15, -0.1) is 0 Å². The third-order valence-corrected chi connectivity index (χ3v) is 4.13. The Bertz CT molecular complexity index is 456. The second kappa shape index (κ2) is 5.74. The predicted octanol–water partition coefficient (Wildman–Crippen LogP) is 1.57. The third-order valence-electron chi connectivity index (χ3n) is 4.13. The molecule has 0 fully saturated rings. The normalized spacial score (nSPS) is 17.6. The SMILES string of the molecule is CC[C@](C)(CCO)NC(=O)c1n[nH]c2c1CCCC2. The van der Waals surface area contributed by atoms with Gasteiger partial charge in [-0.2, -0.15) is 5.10 Å². The number of aliphatic hydroxyl groups is 1. The van der Waals surface area contributed by atoms with E-state index in [-0.39, 0.29) is 18.1 Å². The van der Waals surface area contributed by atoms with Gasteiger partial charge in [-0.05, 0) is 45.4 Å². The summed E-state index contributed by atoms with van der Waals surface area (Å²) in [6, 6.07) is 0. The van der Waals surface area contributed by atoms with Gasteiger partial charge in [0.05, 0.1) is 0 Å². The number of hydrogen-bond donors (Lipinski definition) is 3. The lowest BCUT2D eigenvalue weighted by Crippen LogP contribution is -2.46. The van der Waals surface area contributed by atoms with Crippen molar-refractivity contribution < 1.29 is 9.90 Å². The van der Waals surface area contributed by atoms with Gasteiger partial charge in [-0.1, -0.05) is 6.92 Å². The fourth-order valence-electron chi connectivity index (χ4n) is 2.58. The second-order valence-corrected chi connectivity index (χ2v) is 5.58. The second-order valence-electron chi connectivity index (χ2n) is 5.58. The summed E-state index contributed by atoms with van der Waals surface area (Å²) in [5.41, 5.74) is 2.35. The Morgan fingerprint density at radius 1 is 1.47 bits per heavy atom. The number of aryl methyl sites for hydroxylation is 1. The first-order valence-electron chi connectivity index (χ1n) is 7.09. The van der Waals surface area contributed by atoms with Crippen molar-refractivity contribution in [3.05, 3.63) is 17.0 Å². The number of aliphatic hydroxyl groups excluding tert-OH is 1. The van der Waals surface area contributed by atoms with Gasteiger partial charge < -0.3 is 10.4 Å². The van der Waals surface area contributed by atoms with Gasteiger partial charge in [-0.3, -0.25) is 9.89 Å². The zero-order valence-electron chi connectivity index (χ0n) is 11.8. The van der Waals surface area contributed by atoms with E-state index in [9.17, 15) is 4.79 Å². The van der Waals surface area contributed by atoms with Gasteiger partial charge >= 0.3 is 0 Å². The number of carbonyl (C=O) groups is 1. The molecule has 1 heterocycles. The van der Waals surface area contributed by atoms with E-state index in [2.05, 4.69) is 15.5 Å². The highest BCUT2D eigenvalue weighted by molar-refractivity contribution is 5.94. The van der Waals surface area contributed by atoms with Crippen molar-refractivity contribution in [1.29, 1.82) is 0 Å². The molecule has 1 aromatic rings. The molecule has 0 radical (unpaired) electrons. The van der Waals surface area contributed by atoms with E-state index in [0.29, 0.717) is 12.1 Å². The summed E-state index contributed by atoms with van der Waals surface area (Å²) in [6.07, 6.45) is 5.53. The van der Waals surface area contributed by atoms with Gasteiger partial charge in [0, 0.05) is 23.4 Å². The van der Waals surface area contributed by atoms with E-state index in [1.54, 1.807) is 0 Å². The van der Waals surface area contributed by atoms with Gasteiger partial charge in [0.2, 0.25) is 0 Å². The van der Waals surface area contributed by atoms with Crippen molar-refractivity contribution in [1.82, 2.24) is 15.5 Å². The van der Waals surface area contributed by atoms with Crippen LogP contribution in [0.4, 0.5) is 0 Å². The number of nitrogens with zero attached hydrogens (tertiary/aromatic N) is 1. The summed E-state index contributed by atoms with van der Waals surface area (Å²) in [5.74, 6) is -0.128. The molecular weight excluding hydrogens is 242 g/mol. The highest BCUT2D eigenvalue weighted by Crippen LogP contribution is 2.23. The summed E-state index contributed by atoms with van der Waals surface area (Å²) in [6.45, 7) is 4.04. The van der Waals surface area contributed by atoms with Crippen molar-refractivity contribution in [2.24, 2.45) is 0 Å². The number of H-pyrrole nitrogens is 1. The molecule has 0 aliphatic heterocycles. The molecule has 19 heavy (non-hydrogen) atoms. The minimum Gasteiger partial charge on any atom is -0.396 e. The third kappa shape index (κ3) is 2.97. The molecule has 0 bridgehead atoms. The Morgan fingerprint density at radius 3 is 2.89 bits per heavy atom. The first-order chi connectivity index (χ1) is 9.09. The number of carbonyl (C=O) groups excluding carboxylic acids is 1. The fourth-order valence-corrected chi connectivity index (χ4v) is 2.58. The highest BCUT2D eigenvalue weighted by atomic mass is 16.3. The molecule has 106 valence electrons. The van der Waals surface area contributed by atoms with Crippen LogP contribution in [-0.2, 0) is 12.8 Å². The smallest absolute Gasteiger partial charge is 0.272 e. The van der Waals surface area contributed by atoms with E-state index >= 15 is 0 Å². The molecule has 1 aliphatic carbocycles. The van der Waals surface area contributed by atoms with E-state index in [1.165, 1.54) is 0 Å². The minimum absolute atomic E-state index is 0.0727. The van der Waals surface area contributed by atoms with Gasteiger partial charge in [0.15, 0.2) is 5.69 Å². The Kier molecular flexibility index (Phi) is 4.24. The molecule has 5 nitrogen and oxygen atoms in total. The maximum absolute atomic E-state index is 12.4. The maximum atomic E-state index is 12.4. The average Bonchev–Trinajstić information content (AvgIpc) is 2.83.